The number of hydrogen-bond acceptors (Lipinski definition) is 2. The summed E-state index contributed by atoms with van der Waals surface area (Å²) in [6, 6.07) is 46.6. The molecule has 0 unspecified atom stereocenters. The molecule has 0 bridgehead atoms. The molecule has 0 aromatic heterocycles. The van der Waals surface area contributed by atoms with Gasteiger partial charge < -0.3 is 10.2 Å². The maximum Gasteiger partial charge on any atom is 0.335 e. The van der Waals surface area contributed by atoms with E-state index in [9.17, 15) is 19.8 Å². The molecule has 0 aliphatic heterocycles. The fourth-order valence-electron chi connectivity index (χ4n) is 5.43. The Bertz CT molecular complexity index is 1880. The maximum atomic E-state index is 11.7. The Kier molecular flexibility index (Phi) is 7.19. The second-order valence-corrected chi connectivity index (χ2v) is 9.96. The summed E-state index contributed by atoms with van der Waals surface area (Å²) in [6.45, 7) is 0. The van der Waals surface area contributed by atoms with Gasteiger partial charge in [0, 0.05) is 0 Å². The topological polar surface area (TPSA) is 74.6 Å². The van der Waals surface area contributed by atoms with Crippen molar-refractivity contribution in [3.8, 4) is 55.6 Å². The van der Waals surface area contributed by atoms with Crippen LogP contribution in [0.1, 0.15) is 20.7 Å². The summed E-state index contributed by atoms with van der Waals surface area (Å²) >= 11 is 0. The minimum atomic E-state index is -0.974. The molecule has 0 aliphatic rings. The highest BCUT2D eigenvalue weighted by molar-refractivity contribution is 6.07. The quantitative estimate of drug-likeness (QED) is 0.209. The summed E-state index contributed by atoms with van der Waals surface area (Å²) in [5.41, 5.74) is 10.2. The first-order chi connectivity index (χ1) is 20.5. The number of rotatable bonds is 7. The third kappa shape index (κ3) is 5.09. The maximum absolute atomic E-state index is 11.7. The highest BCUT2D eigenvalue weighted by Gasteiger charge is 2.24. The lowest BCUT2D eigenvalue weighted by atomic mass is 9.79. The van der Waals surface area contributed by atoms with Crippen molar-refractivity contribution in [3.63, 3.8) is 0 Å². The molecule has 42 heavy (non-hydrogen) atoms. The van der Waals surface area contributed by atoms with Crippen molar-refractivity contribution < 1.29 is 19.8 Å². The summed E-state index contributed by atoms with van der Waals surface area (Å²) in [7, 11) is 0. The Morgan fingerprint density at radius 1 is 0.357 bits per heavy atom. The molecule has 0 spiro atoms. The molecule has 202 valence electrons. The van der Waals surface area contributed by atoms with Gasteiger partial charge in [0.05, 0.1) is 11.1 Å². The van der Waals surface area contributed by atoms with Crippen molar-refractivity contribution in [2.45, 2.75) is 0 Å². The van der Waals surface area contributed by atoms with Gasteiger partial charge in [-0.25, -0.2) is 9.59 Å². The first-order valence-corrected chi connectivity index (χ1v) is 13.6. The van der Waals surface area contributed by atoms with E-state index >= 15 is 0 Å². The van der Waals surface area contributed by atoms with Crippen LogP contribution in [-0.2, 0) is 0 Å². The van der Waals surface area contributed by atoms with Gasteiger partial charge in [-0.15, -0.1) is 0 Å². The van der Waals surface area contributed by atoms with Crippen LogP contribution in [-0.4, -0.2) is 22.2 Å². The van der Waals surface area contributed by atoms with Gasteiger partial charge in [0.25, 0.3) is 0 Å². The van der Waals surface area contributed by atoms with Crippen LogP contribution in [0.25, 0.3) is 55.6 Å². The first kappa shape index (κ1) is 26.5. The molecule has 0 saturated heterocycles. The van der Waals surface area contributed by atoms with Crippen molar-refractivity contribution >= 4 is 11.9 Å². The number of carbonyl (C=O) groups is 2. The van der Waals surface area contributed by atoms with E-state index in [1.54, 1.807) is 24.3 Å². The molecule has 0 amide bonds. The van der Waals surface area contributed by atoms with Crippen LogP contribution in [0.5, 0.6) is 0 Å². The SMILES string of the molecule is O=C(O)c1ccc(-c2cc(-c3ccccc3)c(-c3ccc(C(=O)O)cc3)c(-c3ccccc3)c2-c2ccccc2)cc1. The van der Waals surface area contributed by atoms with Gasteiger partial charge >= 0.3 is 11.9 Å². The van der Waals surface area contributed by atoms with Gasteiger partial charge in [-0.1, -0.05) is 115 Å². The standard InChI is InChI=1S/C38H26O4/c39-37(40)30-20-16-26(17-21-30)33-24-32(25-10-4-1-5-11-25)35(29-18-22-31(23-19-29)38(41)42)36(28-14-8-3-9-15-28)34(33)27-12-6-2-7-13-27/h1-24H,(H,39,40)(H,41,42). The van der Waals surface area contributed by atoms with E-state index in [1.165, 1.54) is 0 Å². The van der Waals surface area contributed by atoms with Crippen molar-refractivity contribution in [2.24, 2.45) is 0 Å². The predicted octanol–water partition coefficient (Wildman–Crippen LogP) is 9.42. The Morgan fingerprint density at radius 3 is 1.07 bits per heavy atom. The van der Waals surface area contributed by atoms with Crippen LogP contribution in [0.3, 0.4) is 0 Å². The average Bonchev–Trinajstić information content (AvgIpc) is 3.05. The monoisotopic (exact) mass is 546 g/mol. The van der Waals surface area contributed by atoms with Gasteiger partial charge in [-0.05, 0) is 86.0 Å². The van der Waals surface area contributed by atoms with E-state index in [1.807, 2.05) is 78.9 Å². The molecule has 6 rings (SSSR count). The lowest BCUT2D eigenvalue weighted by Gasteiger charge is -2.24. The second kappa shape index (κ2) is 11.4. The molecule has 2 N–H and O–H groups in total. The number of carboxylic acids is 2. The van der Waals surface area contributed by atoms with Crippen molar-refractivity contribution in [1.82, 2.24) is 0 Å². The highest BCUT2D eigenvalue weighted by Crippen LogP contribution is 2.50. The summed E-state index contributed by atoms with van der Waals surface area (Å²) in [5.74, 6) is -1.95. The van der Waals surface area contributed by atoms with Crippen LogP contribution in [0.4, 0.5) is 0 Å². The van der Waals surface area contributed by atoms with Gasteiger partial charge in [0.15, 0.2) is 0 Å². The van der Waals surface area contributed by atoms with E-state index in [0.717, 1.165) is 55.6 Å². The van der Waals surface area contributed by atoms with Crippen molar-refractivity contribution in [2.75, 3.05) is 0 Å². The number of aromatic carboxylic acids is 2. The van der Waals surface area contributed by atoms with E-state index in [0.29, 0.717) is 0 Å². The fraction of sp³-hybridized carbons (Fsp3) is 0. The van der Waals surface area contributed by atoms with Crippen molar-refractivity contribution in [1.29, 1.82) is 0 Å². The molecule has 6 aromatic carbocycles. The minimum absolute atomic E-state index is 0.222. The summed E-state index contributed by atoms with van der Waals surface area (Å²) < 4.78 is 0. The Morgan fingerprint density at radius 2 is 0.667 bits per heavy atom. The molecular weight excluding hydrogens is 520 g/mol. The third-order valence-electron chi connectivity index (χ3n) is 7.40. The second-order valence-electron chi connectivity index (χ2n) is 9.96. The van der Waals surface area contributed by atoms with E-state index < -0.39 is 11.9 Å². The van der Waals surface area contributed by atoms with Gasteiger partial charge in [-0.3, -0.25) is 0 Å². The summed E-state index contributed by atoms with van der Waals surface area (Å²) in [4.78, 5) is 23.3. The summed E-state index contributed by atoms with van der Waals surface area (Å²) in [6.07, 6.45) is 0. The molecule has 0 atom stereocenters. The molecule has 0 radical (unpaired) electrons. The van der Waals surface area contributed by atoms with Gasteiger partial charge in [-0.2, -0.15) is 0 Å². The number of carboxylic acid groups (broad SMARTS) is 2. The lowest BCUT2D eigenvalue weighted by molar-refractivity contribution is 0.0686. The largest absolute Gasteiger partial charge is 0.478 e. The zero-order chi connectivity index (χ0) is 29.1. The molecule has 0 fully saturated rings. The zero-order valence-corrected chi connectivity index (χ0v) is 22.6. The molecule has 0 heterocycles. The van der Waals surface area contributed by atoms with Crippen LogP contribution in [0, 0.1) is 0 Å². The van der Waals surface area contributed by atoms with Crippen LogP contribution >= 0.6 is 0 Å². The molecule has 0 saturated carbocycles. The fourth-order valence-corrected chi connectivity index (χ4v) is 5.43. The lowest BCUT2D eigenvalue weighted by Crippen LogP contribution is -2.00. The normalized spacial score (nSPS) is 10.8. The highest BCUT2D eigenvalue weighted by atomic mass is 16.4. The van der Waals surface area contributed by atoms with E-state index in [-0.39, 0.29) is 11.1 Å². The molecule has 4 heteroatoms. The van der Waals surface area contributed by atoms with Crippen molar-refractivity contribution in [3.05, 3.63) is 157 Å². The predicted molar refractivity (Wildman–Crippen MR) is 168 cm³/mol. The molecular formula is C38H26O4. The Balaban J connectivity index is 1.79. The van der Waals surface area contributed by atoms with E-state index in [4.69, 9.17) is 0 Å². The Hall–Kier alpha value is -5.74. The van der Waals surface area contributed by atoms with Crippen LogP contribution < -0.4 is 0 Å². The van der Waals surface area contributed by atoms with Gasteiger partial charge in [0.2, 0.25) is 0 Å². The number of hydrogen-bond donors (Lipinski definition) is 2. The van der Waals surface area contributed by atoms with Crippen LogP contribution in [0.2, 0.25) is 0 Å². The van der Waals surface area contributed by atoms with Gasteiger partial charge in [0.1, 0.15) is 0 Å². The molecule has 0 aliphatic carbocycles. The zero-order valence-electron chi connectivity index (χ0n) is 22.6. The number of benzene rings is 6. The molecule has 4 nitrogen and oxygen atoms in total. The first-order valence-electron chi connectivity index (χ1n) is 13.6. The Labute approximate surface area is 243 Å². The van der Waals surface area contributed by atoms with Crippen LogP contribution in [0.15, 0.2) is 146 Å². The van der Waals surface area contributed by atoms with E-state index in [2.05, 4.69) is 42.5 Å². The third-order valence-corrected chi connectivity index (χ3v) is 7.40. The average molecular weight is 547 g/mol. The minimum Gasteiger partial charge on any atom is -0.478 e. The smallest absolute Gasteiger partial charge is 0.335 e. The summed E-state index contributed by atoms with van der Waals surface area (Å²) in [5, 5.41) is 19.1. The molecule has 6 aromatic rings.